The molecule has 10 nitrogen and oxygen atoms in total. The van der Waals surface area contributed by atoms with Crippen LogP contribution in [0.15, 0.2) is 42.5 Å². The number of fused-ring (bicyclic) bond motifs is 2. The summed E-state index contributed by atoms with van der Waals surface area (Å²) in [6.07, 6.45) is 3.06. The van der Waals surface area contributed by atoms with Gasteiger partial charge in [-0.25, -0.2) is 0 Å². The van der Waals surface area contributed by atoms with E-state index in [0.717, 1.165) is 38.0 Å². The minimum absolute atomic E-state index is 0.0349. The number of amides is 3. The van der Waals surface area contributed by atoms with Crippen molar-refractivity contribution < 1.29 is 29.0 Å². The zero-order chi connectivity index (χ0) is 31.9. The van der Waals surface area contributed by atoms with Crippen molar-refractivity contribution in [3.05, 3.63) is 48.0 Å². The van der Waals surface area contributed by atoms with E-state index in [9.17, 15) is 19.5 Å². The molecule has 242 valence electrons. The summed E-state index contributed by atoms with van der Waals surface area (Å²) in [5, 5.41) is 20.6. The van der Waals surface area contributed by atoms with Gasteiger partial charge >= 0.3 is 0 Å². The van der Waals surface area contributed by atoms with Crippen molar-refractivity contribution >= 4 is 42.4 Å². The number of carbonyl (C=O) groups is 3. The van der Waals surface area contributed by atoms with Crippen LogP contribution >= 0.6 is 0 Å². The Morgan fingerprint density at radius 3 is 2.62 bits per heavy atom. The molecule has 0 bridgehead atoms. The zero-order valence-electron chi connectivity index (χ0n) is 26.7. The summed E-state index contributed by atoms with van der Waals surface area (Å²) in [4.78, 5) is 42.8. The van der Waals surface area contributed by atoms with E-state index in [1.54, 1.807) is 12.0 Å². The van der Waals surface area contributed by atoms with Crippen LogP contribution in [0.4, 0.5) is 11.4 Å². The summed E-state index contributed by atoms with van der Waals surface area (Å²) in [6, 6.07) is 13.5. The lowest BCUT2D eigenvalue weighted by Crippen LogP contribution is -2.52. The lowest BCUT2D eigenvalue weighted by atomic mass is 9.82. The minimum Gasteiger partial charge on any atom is -0.497 e. The molecule has 6 atom stereocenters. The molecule has 0 aromatic heterocycles. The summed E-state index contributed by atoms with van der Waals surface area (Å²) in [6.45, 7) is 8.77. The molecule has 3 amide bonds. The van der Waals surface area contributed by atoms with Gasteiger partial charge < -0.3 is 35.4 Å². The highest BCUT2D eigenvalue weighted by Gasteiger charge is 2.65. The highest BCUT2D eigenvalue weighted by molar-refractivity contribution is 6.91. The van der Waals surface area contributed by atoms with Crippen LogP contribution in [0.5, 0.6) is 5.75 Å². The van der Waals surface area contributed by atoms with Gasteiger partial charge in [0.2, 0.25) is 11.8 Å². The van der Waals surface area contributed by atoms with Gasteiger partial charge in [-0.2, -0.15) is 0 Å². The smallest absolute Gasteiger partial charge is 0.261 e. The quantitative estimate of drug-likeness (QED) is 0.329. The predicted octanol–water partition coefficient (Wildman–Crippen LogP) is 3.17. The molecule has 11 heteroatoms. The maximum absolute atomic E-state index is 14.1. The SMILES string of the molecule is COc1ccc([Si](C)(C)[C@H]2[C@H](CC(=O)N3CCC[C@H]3CO)O[C@@]3(C(=O)Nc4ccc(NC(=O)C5CCCNC5)cc43)[C@@H]2C)cc1. The lowest BCUT2D eigenvalue weighted by molar-refractivity contribution is -0.148. The van der Waals surface area contributed by atoms with Crippen LogP contribution < -0.4 is 25.9 Å². The first-order valence-electron chi connectivity index (χ1n) is 16.3. The maximum Gasteiger partial charge on any atom is 0.261 e. The molecule has 1 unspecified atom stereocenters. The third-order valence-corrected chi connectivity index (χ3v) is 15.2. The van der Waals surface area contributed by atoms with Gasteiger partial charge in [-0.3, -0.25) is 14.4 Å². The fourth-order valence-corrected chi connectivity index (χ4v) is 12.4. The molecule has 0 radical (unpaired) electrons. The van der Waals surface area contributed by atoms with Gasteiger partial charge in [0.1, 0.15) is 5.75 Å². The van der Waals surface area contributed by atoms with E-state index in [1.165, 1.54) is 5.19 Å². The van der Waals surface area contributed by atoms with Gasteiger partial charge in [0.15, 0.2) is 5.60 Å². The first-order chi connectivity index (χ1) is 21.6. The van der Waals surface area contributed by atoms with Crippen LogP contribution in [0.2, 0.25) is 18.6 Å². The molecule has 45 heavy (non-hydrogen) atoms. The van der Waals surface area contributed by atoms with Crippen LogP contribution in [0.25, 0.3) is 0 Å². The maximum atomic E-state index is 14.1. The Hall–Kier alpha value is -3.25. The molecular formula is C34H46N4O6Si. The van der Waals surface area contributed by atoms with Gasteiger partial charge in [0.05, 0.1) is 46.3 Å². The number of benzene rings is 2. The van der Waals surface area contributed by atoms with E-state index in [4.69, 9.17) is 9.47 Å². The summed E-state index contributed by atoms with van der Waals surface area (Å²) in [5.41, 5.74) is 0.595. The second-order valence-electron chi connectivity index (χ2n) is 13.7. The molecule has 2 aromatic carbocycles. The normalized spacial score (nSPS) is 29.5. The number of aliphatic hydroxyl groups is 1. The molecule has 0 aliphatic carbocycles. The Morgan fingerprint density at radius 1 is 1.16 bits per heavy atom. The fourth-order valence-electron chi connectivity index (χ4n) is 8.37. The topological polar surface area (TPSA) is 129 Å². The first kappa shape index (κ1) is 31.7. The van der Waals surface area contributed by atoms with Crippen LogP contribution in [-0.4, -0.2) is 81.3 Å². The van der Waals surface area contributed by atoms with Crippen molar-refractivity contribution in [3.63, 3.8) is 0 Å². The summed E-state index contributed by atoms with van der Waals surface area (Å²) in [5.74, 6) is 0.0827. The Balaban J connectivity index is 1.36. The molecule has 1 spiro atoms. The van der Waals surface area contributed by atoms with Crippen molar-refractivity contribution in [2.24, 2.45) is 11.8 Å². The molecule has 0 saturated carbocycles. The summed E-state index contributed by atoms with van der Waals surface area (Å²) < 4.78 is 12.4. The third kappa shape index (κ3) is 5.58. The molecule has 6 rings (SSSR count). The summed E-state index contributed by atoms with van der Waals surface area (Å²) >= 11 is 0. The first-order valence-corrected chi connectivity index (χ1v) is 19.4. The summed E-state index contributed by atoms with van der Waals surface area (Å²) in [7, 11) is -0.758. The van der Waals surface area contributed by atoms with Gasteiger partial charge in [-0.1, -0.05) is 37.3 Å². The van der Waals surface area contributed by atoms with Gasteiger partial charge in [0.25, 0.3) is 5.91 Å². The number of nitrogens with one attached hydrogen (secondary N) is 3. The lowest BCUT2D eigenvalue weighted by Gasteiger charge is -2.37. The molecule has 2 aromatic rings. The molecule has 4 N–H and O–H groups in total. The second kappa shape index (κ2) is 12.5. The number of nitrogens with zero attached hydrogens (tertiary/aromatic N) is 1. The molecule has 4 aliphatic rings. The van der Waals surface area contributed by atoms with Crippen molar-refractivity contribution in [2.75, 3.05) is 44.0 Å². The number of anilines is 2. The van der Waals surface area contributed by atoms with E-state index in [0.29, 0.717) is 30.0 Å². The number of rotatable bonds is 8. The fraction of sp³-hybridized carbons (Fsp3) is 0.559. The van der Waals surface area contributed by atoms with E-state index in [2.05, 4.69) is 48.1 Å². The predicted molar refractivity (Wildman–Crippen MR) is 175 cm³/mol. The third-order valence-electron chi connectivity index (χ3n) is 10.8. The highest BCUT2D eigenvalue weighted by Crippen LogP contribution is 2.59. The molecule has 4 aliphatic heterocycles. The monoisotopic (exact) mass is 634 g/mol. The molecular weight excluding hydrogens is 588 g/mol. The Kier molecular flexibility index (Phi) is 8.81. The van der Waals surface area contributed by atoms with Crippen molar-refractivity contribution in [3.8, 4) is 5.75 Å². The van der Waals surface area contributed by atoms with Crippen LogP contribution in [0, 0.1) is 11.8 Å². The van der Waals surface area contributed by atoms with E-state index < -0.39 is 19.8 Å². The molecule has 3 fully saturated rings. The number of aliphatic hydroxyl groups excluding tert-OH is 1. The van der Waals surface area contributed by atoms with E-state index in [-0.39, 0.29) is 54.2 Å². The molecule has 3 saturated heterocycles. The largest absolute Gasteiger partial charge is 0.497 e. The number of hydrogen-bond acceptors (Lipinski definition) is 7. The number of piperidine rings is 1. The standard InChI is InChI=1S/C34H46N4O6Si/c1-21-31(45(3,4)26-12-10-25(43-2)11-13-26)29(18-30(40)38-16-6-8-24(38)20-39)44-34(21)27-17-23(9-14-28(27)37-33(34)42)36-32(41)22-7-5-15-35-19-22/h9-14,17,21-22,24,29,31,35,39H,5-8,15-16,18-20H2,1-4H3,(H,36,41)(H,37,42)/t21-,22?,24+,29+,31-,34+/m1/s1. The number of likely N-dealkylation sites (tertiary alicyclic amines) is 1. The van der Waals surface area contributed by atoms with Crippen LogP contribution in [0.1, 0.15) is 44.6 Å². The van der Waals surface area contributed by atoms with Crippen molar-refractivity contribution in [1.82, 2.24) is 10.2 Å². The Bertz CT molecular complexity index is 1440. The second-order valence-corrected chi connectivity index (χ2v) is 18.4. The minimum atomic E-state index is -2.40. The van der Waals surface area contributed by atoms with Gasteiger partial charge in [-0.05, 0) is 68.1 Å². The Morgan fingerprint density at radius 2 is 1.93 bits per heavy atom. The van der Waals surface area contributed by atoms with E-state index in [1.807, 2.05) is 30.3 Å². The van der Waals surface area contributed by atoms with Crippen molar-refractivity contribution in [2.45, 2.75) is 75.4 Å². The number of ether oxygens (including phenoxy) is 2. The average molecular weight is 635 g/mol. The van der Waals surface area contributed by atoms with Crippen LogP contribution in [0.3, 0.4) is 0 Å². The number of methoxy groups -OCH3 is 1. The van der Waals surface area contributed by atoms with Crippen molar-refractivity contribution in [1.29, 1.82) is 0 Å². The van der Waals surface area contributed by atoms with E-state index >= 15 is 0 Å². The number of hydrogen-bond donors (Lipinski definition) is 4. The van der Waals surface area contributed by atoms with Gasteiger partial charge in [0, 0.05) is 35.9 Å². The zero-order valence-corrected chi connectivity index (χ0v) is 27.7. The number of carbonyl (C=O) groups excluding carboxylic acids is 3. The average Bonchev–Trinajstić information content (AvgIpc) is 3.72. The molecule has 4 heterocycles. The van der Waals surface area contributed by atoms with Gasteiger partial charge in [-0.15, -0.1) is 0 Å². The highest BCUT2D eigenvalue weighted by atomic mass is 28.3. The Labute approximate surface area is 266 Å². The van der Waals surface area contributed by atoms with Crippen LogP contribution in [-0.2, 0) is 24.7 Å².